The van der Waals surface area contributed by atoms with Crippen LogP contribution < -0.4 is 0 Å². The minimum absolute atomic E-state index is 0. The van der Waals surface area contributed by atoms with Gasteiger partial charge in [0, 0.05) is 11.9 Å². The maximum Gasteiger partial charge on any atom is 4.00 e. The molecule has 0 unspecified atom stereocenters. The molecular formula is C19H28N2Zr. The number of para-hydroxylation sites is 1. The molecule has 0 saturated heterocycles. The summed E-state index contributed by atoms with van der Waals surface area (Å²) >= 11 is 0. The zero-order valence-corrected chi connectivity index (χ0v) is 17.4. The molecule has 2 aromatic rings. The van der Waals surface area contributed by atoms with Gasteiger partial charge in [0.05, 0.1) is 0 Å². The van der Waals surface area contributed by atoms with E-state index in [1.807, 2.05) is 24.4 Å². The van der Waals surface area contributed by atoms with Crippen LogP contribution in [0.1, 0.15) is 30.7 Å². The number of hydrogen-bond donors (Lipinski definition) is 0. The van der Waals surface area contributed by atoms with Crippen molar-refractivity contribution >= 4 is 5.69 Å². The SMILES string of the molecule is Cc1cccc(C)c1[N-]C(C)(C)c1ccccn1.[CH3-].[CH3-].[CH3-].[Zr+4]. The first kappa shape index (κ1) is 26.0. The summed E-state index contributed by atoms with van der Waals surface area (Å²) in [6.45, 7) is 8.39. The van der Waals surface area contributed by atoms with E-state index in [1.54, 1.807) is 0 Å². The Morgan fingerprint density at radius 2 is 1.41 bits per heavy atom. The van der Waals surface area contributed by atoms with Gasteiger partial charge in [0.2, 0.25) is 0 Å². The molecule has 0 amide bonds. The monoisotopic (exact) mass is 374 g/mol. The van der Waals surface area contributed by atoms with Gasteiger partial charge in [-0.3, -0.25) is 4.98 Å². The molecule has 22 heavy (non-hydrogen) atoms. The summed E-state index contributed by atoms with van der Waals surface area (Å²) < 4.78 is 0. The first-order chi connectivity index (χ1) is 8.50. The Bertz CT molecular complexity index is 516. The van der Waals surface area contributed by atoms with Crippen molar-refractivity contribution in [3.8, 4) is 0 Å². The Kier molecular flexibility index (Phi) is 12.7. The van der Waals surface area contributed by atoms with Gasteiger partial charge in [0.15, 0.2) is 0 Å². The van der Waals surface area contributed by atoms with Crippen LogP contribution in [0.5, 0.6) is 0 Å². The number of aryl methyl sites for hydroxylation is 2. The van der Waals surface area contributed by atoms with E-state index in [4.69, 9.17) is 5.32 Å². The minimum Gasteiger partial charge on any atom is -0.674 e. The van der Waals surface area contributed by atoms with Crippen LogP contribution >= 0.6 is 0 Å². The van der Waals surface area contributed by atoms with Crippen LogP contribution in [0.25, 0.3) is 5.32 Å². The van der Waals surface area contributed by atoms with E-state index in [0.717, 1.165) is 11.4 Å². The number of pyridine rings is 1. The van der Waals surface area contributed by atoms with E-state index in [0.29, 0.717) is 0 Å². The predicted octanol–water partition coefficient (Wildman–Crippen LogP) is 5.99. The molecule has 0 aliphatic rings. The molecule has 0 saturated carbocycles. The molecule has 118 valence electrons. The largest absolute Gasteiger partial charge is 4.00 e. The molecule has 0 spiro atoms. The summed E-state index contributed by atoms with van der Waals surface area (Å²) in [5.41, 5.74) is 4.18. The van der Waals surface area contributed by atoms with Crippen molar-refractivity contribution in [2.24, 2.45) is 0 Å². The first-order valence-electron chi connectivity index (χ1n) is 6.21. The third-order valence-corrected chi connectivity index (χ3v) is 3.12. The molecule has 0 bridgehead atoms. The smallest absolute Gasteiger partial charge is 0.674 e. The van der Waals surface area contributed by atoms with Crippen molar-refractivity contribution < 1.29 is 26.2 Å². The average molecular weight is 376 g/mol. The number of rotatable bonds is 3. The molecule has 1 heterocycles. The molecule has 2 nitrogen and oxygen atoms in total. The number of hydrogen-bond acceptors (Lipinski definition) is 1. The van der Waals surface area contributed by atoms with Gasteiger partial charge in [-0.15, -0.1) is 5.69 Å². The Morgan fingerprint density at radius 3 is 1.86 bits per heavy atom. The maximum absolute atomic E-state index is 4.90. The van der Waals surface area contributed by atoms with Crippen molar-refractivity contribution in [3.63, 3.8) is 0 Å². The van der Waals surface area contributed by atoms with Gasteiger partial charge < -0.3 is 27.6 Å². The normalized spacial score (nSPS) is 9.27. The Balaban J connectivity index is -0.000000902. The zero-order valence-electron chi connectivity index (χ0n) is 14.9. The molecule has 0 radical (unpaired) electrons. The molecule has 0 aliphatic heterocycles. The number of benzene rings is 1. The quantitative estimate of drug-likeness (QED) is 0.606. The minimum atomic E-state index is -0.307. The molecule has 1 aromatic carbocycles. The topological polar surface area (TPSA) is 27.0 Å². The Labute approximate surface area is 156 Å². The summed E-state index contributed by atoms with van der Waals surface area (Å²) in [6.07, 6.45) is 1.82. The van der Waals surface area contributed by atoms with Gasteiger partial charge >= 0.3 is 26.2 Å². The van der Waals surface area contributed by atoms with E-state index < -0.39 is 0 Å². The molecule has 0 fully saturated rings. The third-order valence-electron chi connectivity index (χ3n) is 3.12. The van der Waals surface area contributed by atoms with Crippen LogP contribution in [0.3, 0.4) is 0 Å². The first-order valence-corrected chi connectivity index (χ1v) is 6.21. The van der Waals surface area contributed by atoms with Gasteiger partial charge in [-0.1, -0.05) is 54.8 Å². The van der Waals surface area contributed by atoms with Gasteiger partial charge in [-0.05, 0) is 26.0 Å². The second-order valence-corrected chi connectivity index (χ2v) is 5.13. The molecule has 0 N–H and O–H groups in total. The summed E-state index contributed by atoms with van der Waals surface area (Å²) in [5, 5.41) is 4.90. The van der Waals surface area contributed by atoms with Crippen molar-refractivity contribution in [1.82, 2.24) is 4.98 Å². The van der Waals surface area contributed by atoms with Crippen LogP contribution in [0.4, 0.5) is 5.69 Å². The molecule has 0 aliphatic carbocycles. The van der Waals surface area contributed by atoms with E-state index in [9.17, 15) is 0 Å². The van der Waals surface area contributed by atoms with Crippen LogP contribution in [-0.2, 0) is 31.7 Å². The van der Waals surface area contributed by atoms with E-state index in [1.165, 1.54) is 11.1 Å². The fraction of sp³-hybridized carbons (Fsp3) is 0.263. The number of nitrogens with zero attached hydrogens (tertiary/aromatic N) is 2. The Hall–Kier alpha value is -0.947. The molecule has 1 aromatic heterocycles. The van der Waals surface area contributed by atoms with Gasteiger partial charge in [-0.25, -0.2) is 0 Å². The van der Waals surface area contributed by atoms with E-state index in [2.05, 4.69) is 50.9 Å². The van der Waals surface area contributed by atoms with Crippen LogP contribution in [0, 0.1) is 36.1 Å². The van der Waals surface area contributed by atoms with Gasteiger partial charge in [-0.2, -0.15) is 0 Å². The summed E-state index contributed by atoms with van der Waals surface area (Å²) in [5.74, 6) is 0. The maximum atomic E-state index is 4.90. The van der Waals surface area contributed by atoms with Gasteiger partial charge in [0.1, 0.15) is 0 Å². The van der Waals surface area contributed by atoms with Crippen LogP contribution in [0.15, 0.2) is 42.6 Å². The summed E-state index contributed by atoms with van der Waals surface area (Å²) in [4.78, 5) is 4.41. The fourth-order valence-corrected chi connectivity index (χ4v) is 2.04. The number of aromatic nitrogens is 1. The fourth-order valence-electron chi connectivity index (χ4n) is 2.04. The van der Waals surface area contributed by atoms with Crippen molar-refractivity contribution in [2.45, 2.75) is 33.2 Å². The second-order valence-electron chi connectivity index (χ2n) is 5.13. The molecular weight excluding hydrogens is 347 g/mol. The van der Waals surface area contributed by atoms with Crippen LogP contribution in [-0.4, -0.2) is 4.98 Å². The van der Waals surface area contributed by atoms with Crippen LogP contribution in [0.2, 0.25) is 0 Å². The van der Waals surface area contributed by atoms with Gasteiger partial charge in [0.25, 0.3) is 0 Å². The Morgan fingerprint density at radius 1 is 0.864 bits per heavy atom. The second kappa shape index (κ2) is 10.7. The van der Waals surface area contributed by atoms with Crippen molar-refractivity contribution in [1.29, 1.82) is 0 Å². The summed E-state index contributed by atoms with van der Waals surface area (Å²) in [6, 6.07) is 12.2. The zero-order chi connectivity index (χ0) is 13.2. The standard InChI is InChI=1S/C16H19N2.3CH3.Zr/c1-12-8-7-9-13(2)15(12)18-16(3,4)14-10-5-6-11-17-14;;;;/h5-11H,1-4H3;3*1H3;/q4*-1;+4. The van der Waals surface area contributed by atoms with Crippen molar-refractivity contribution in [3.05, 3.63) is 87.0 Å². The molecule has 0 atom stereocenters. The predicted molar refractivity (Wildman–Crippen MR) is 95.4 cm³/mol. The molecule has 2 rings (SSSR count). The molecule has 3 heteroatoms. The van der Waals surface area contributed by atoms with E-state index >= 15 is 0 Å². The summed E-state index contributed by atoms with van der Waals surface area (Å²) in [7, 11) is 0. The van der Waals surface area contributed by atoms with E-state index in [-0.39, 0.29) is 54.0 Å². The van der Waals surface area contributed by atoms with Crippen molar-refractivity contribution in [2.75, 3.05) is 0 Å². The average Bonchev–Trinajstić information content (AvgIpc) is 2.35. The third kappa shape index (κ3) is 6.04.